The molecule has 2 heterocycles. The average Bonchev–Trinajstić information content (AvgIpc) is 2.85. The molecule has 3 rings (SSSR count). The van der Waals surface area contributed by atoms with Crippen LogP contribution in [0.4, 0.5) is 11.4 Å². The number of amides is 1. The Bertz CT molecular complexity index is 625. The number of nitrogens with one attached hydrogen (secondary N) is 2. The van der Waals surface area contributed by atoms with Gasteiger partial charge in [-0.3, -0.25) is 4.79 Å². The molecule has 0 fully saturated rings. The molecular weight excluding hydrogens is 278 g/mol. The maximum atomic E-state index is 11.9. The fourth-order valence-corrected chi connectivity index (χ4v) is 2.21. The van der Waals surface area contributed by atoms with Crippen molar-refractivity contribution in [3.8, 4) is 0 Å². The summed E-state index contributed by atoms with van der Waals surface area (Å²) in [7, 11) is 0. The van der Waals surface area contributed by atoms with Crippen LogP contribution < -0.4 is 10.6 Å². The fourth-order valence-electron chi connectivity index (χ4n) is 2.21. The topological polar surface area (TPSA) is 67.2 Å². The predicted octanol–water partition coefficient (Wildman–Crippen LogP) is 3.02. The number of hydrogen-bond acceptors (Lipinski definition) is 4. The van der Waals surface area contributed by atoms with Crippen LogP contribution in [0.15, 0.2) is 28.8 Å². The van der Waals surface area contributed by atoms with E-state index in [2.05, 4.69) is 15.8 Å². The zero-order valence-electron chi connectivity index (χ0n) is 11.1. The quantitative estimate of drug-likeness (QED) is 0.893. The van der Waals surface area contributed by atoms with Crippen molar-refractivity contribution in [1.82, 2.24) is 5.16 Å². The molecule has 2 aromatic rings. The molecule has 1 amide bonds. The van der Waals surface area contributed by atoms with E-state index in [4.69, 9.17) is 4.52 Å². The molecule has 0 unspecified atom stereocenters. The highest BCUT2D eigenvalue weighted by Gasteiger charge is 2.13. The number of hydrogen-bond donors (Lipinski definition) is 2. The lowest BCUT2D eigenvalue weighted by molar-refractivity contribution is 0.101. The van der Waals surface area contributed by atoms with Crippen molar-refractivity contribution in [3.63, 3.8) is 0 Å². The first kappa shape index (κ1) is 14.4. The number of carbonyl (C=O) groups excluding carboxylic acids is 1. The number of anilines is 2. The number of aryl methyl sites for hydroxylation is 2. The summed E-state index contributed by atoms with van der Waals surface area (Å²) in [5.41, 5.74) is 3.45. The highest BCUT2D eigenvalue weighted by Crippen LogP contribution is 2.25. The first-order valence-electron chi connectivity index (χ1n) is 6.34. The van der Waals surface area contributed by atoms with E-state index in [1.165, 1.54) is 5.56 Å². The molecule has 1 aliphatic heterocycles. The van der Waals surface area contributed by atoms with Gasteiger partial charge in [0.1, 0.15) is 5.76 Å². The van der Waals surface area contributed by atoms with E-state index < -0.39 is 0 Å². The zero-order chi connectivity index (χ0) is 13.2. The summed E-state index contributed by atoms with van der Waals surface area (Å²) in [6.07, 6.45) is 2.23. The highest BCUT2D eigenvalue weighted by atomic mass is 35.5. The van der Waals surface area contributed by atoms with Gasteiger partial charge in [0.15, 0.2) is 5.69 Å². The van der Waals surface area contributed by atoms with Crippen molar-refractivity contribution >= 4 is 29.7 Å². The third kappa shape index (κ3) is 2.93. The van der Waals surface area contributed by atoms with Gasteiger partial charge in [-0.2, -0.15) is 0 Å². The van der Waals surface area contributed by atoms with Gasteiger partial charge in [-0.1, -0.05) is 11.2 Å². The molecule has 1 aliphatic rings. The van der Waals surface area contributed by atoms with Gasteiger partial charge in [0.2, 0.25) is 0 Å². The molecule has 0 radical (unpaired) electrons. The van der Waals surface area contributed by atoms with Crippen molar-refractivity contribution in [3.05, 3.63) is 41.3 Å². The van der Waals surface area contributed by atoms with Crippen LogP contribution in [0.25, 0.3) is 0 Å². The number of halogens is 1. The second kappa shape index (κ2) is 5.96. The Morgan fingerprint density at radius 2 is 2.25 bits per heavy atom. The Kier molecular flexibility index (Phi) is 4.29. The minimum Gasteiger partial charge on any atom is -0.385 e. The van der Waals surface area contributed by atoms with Gasteiger partial charge in [-0.25, -0.2) is 0 Å². The molecule has 106 valence electrons. The van der Waals surface area contributed by atoms with Crippen LogP contribution in [0, 0.1) is 6.92 Å². The molecule has 6 heteroatoms. The monoisotopic (exact) mass is 293 g/mol. The van der Waals surface area contributed by atoms with Crippen LogP contribution in [0.3, 0.4) is 0 Å². The van der Waals surface area contributed by atoms with Crippen molar-refractivity contribution in [1.29, 1.82) is 0 Å². The van der Waals surface area contributed by atoms with Gasteiger partial charge >= 0.3 is 0 Å². The molecule has 1 aromatic heterocycles. The van der Waals surface area contributed by atoms with E-state index in [9.17, 15) is 4.79 Å². The Morgan fingerprint density at radius 3 is 3.00 bits per heavy atom. The van der Waals surface area contributed by atoms with Crippen LogP contribution in [-0.2, 0) is 6.42 Å². The summed E-state index contributed by atoms with van der Waals surface area (Å²) in [5, 5.41) is 9.85. The second-order valence-corrected chi connectivity index (χ2v) is 4.68. The molecule has 0 saturated heterocycles. The molecule has 20 heavy (non-hydrogen) atoms. The van der Waals surface area contributed by atoms with Crippen LogP contribution in [0.1, 0.15) is 28.2 Å². The smallest absolute Gasteiger partial charge is 0.277 e. The number of aromatic nitrogens is 1. The largest absolute Gasteiger partial charge is 0.385 e. The zero-order valence-corrected chi connectivity index (χ0v) is 11.9. The number of benzene rings is 1. The number of carbonyl (C=O) groups is 1. The van der Waals surface area contributed by atoms with Crippen LogP contribution >= 0.6 is 12.4 Å². The molecule has 0 saturated carbocycles. The minimum atomic E-state index is -0.257. The molecule has 0 aliphatic carbocycles. The van der Waals surface area contributed by atoms with Crippen molar-refractivity contribution < 1.29 is 9.32 Å². The number of nitrogens with zero attached hydrogens (tertiary/aromatic N) is 1. The Hall–Kier alpha value is -2.01. The molecule has 0 atom stereocenters. The average molecular weight is 294 g/mol. The molecule has 1 aromatic carbocycles. The Morgan fingerprint density at radius 1 is 1.40 bits per heavy atom. The number of rotatable bonds is 2. The summed E-state index contributed by atoms with van der Waals surface area (Å²) in [4.78, 5) is 11.9. The van der Waals surface area contributed by atoms with E-state index in [0.29, 0.717) is 11.5 Å². The second-order valence-electron chi connectivity index (χ2n) is 4.68. The maximum Gasteiger partial charge on any atom is 0.277 e. The lowest BCUT2D eigenvalue weighted by Gasteiger charge is -2.18. The summed E-state index contributed by atoms with van der Waals surface area (Å²) in [6, 6.07) is 7.53. The maximum absolute atomic E-state index is 11.9. The van der Waals surface area contributed by atoms with Gasteiger partial charge in [-0.15, -0.1) is 12.4 Å². The first-order valence-corrected chi connectivity index (χ1v) is 6.34. The lowest BCUT2D eigenvalue weighted by Crippen LogP contribution is -2.15. The Balaban J connectivity index is 0.00000147. The SMILES string of the molecule is Cc1cc(C(=O)Nc2ccc3c(c2)NCCC3)no1.Cl. The van der Waals surface area contributed by atoms with E-state index >= 15 is 0 Å². The van der Waals surface area contributed by atoms with Crippen molar-refractivity contribution in [2.75, 3.05) is 17.2 Å². The third-order valence-corrected chi connectivity index (χ3v) is 3.17. The first-order chi connectivity index (χ1) is 9.22. The van der Waals surface area contributed by atoms with Gasteiger partial charge in [0.05, 0.1) is 0 Å². The van der Waals surface area contributed by atoms with Crippen molar-refractivity contribution in [2.24, 2.45) is 0 Å². The fraction of sp³-hybridized carbons (Fsp3) is 0.286. The molecule has 5 nitrogen and oxygen atoms in total. The van der Waals surface area contributed by atoms with Gasteiger partial charge in [0.25, 0.3) is 5.91 Å². The Labute approximate surface area is 123 Å². The standard InChI is InChI=1S/C14H15N3O2.ClH/c1-9-7-13(17-19-9)14(18)16-11-5-4-10-3-2-6-15-12(10)8-11;/h4-5,7-8,15H,2-3,6H2,1H3,(H,16,18);1H. The van der Waals surface area contributed by atoms with E-state index in [1.807, 2.05) is 18.2 Å². The van der Waals surface area contributed by atoms with E-state index in [1.54, 1.807) is 13.0 Å². The third-order valence-electron chi connectivity index (χ3n) is 3.17. The summed E-state index contributed by atoms with van der Waals surface area (Å²) in [6.45, 7) is 2.74. The summed E-state index contributed by atoms with van der Waals surface area (Å²) >= 11 is 0. The summed E-state index contributed by atoms with van der Waals surface area (Å²) < 4.78 is 4.89. The van der Waals surface area contributed by atoms with E-state index in [0.717, 1.165) is 30.8 Å². The van der Waals surface area contributed by atoms with Gasteiger partial charge in [0, 0.05) is 24.0 Å². The van der Waals surface area contributed by atoms with Crippen LogP contribution in [-0.4, -0.2) is 17.6 Å². The van der Waals surface area contributed by atoms with Gasteiger partial charge in [-0.05, 0) is 37.5 Å². The predicted molar refractivity (Wildman–Crippen MR) is 79.7 cm³/mol. The lowest BCUT2D eigenvalue weighted by atomic mass is 10.0. The normalized spacial score (nSPS) is 12.8. The van der Waals surface area contributed by atoms with Crippen LogP contribution in [0.2, 0.25) is 0 Å². The van der Waals surface area contributed by atoms with E-state index in [-0.39, 0.29) is 18.3 Å². The minimum absolute atomic E-state index is 0. The molecule has 0 bridgehead atoms. The molecule has 0 spiro atoms. The summed E-state index contributed by atoms with van der Waals surface area (Å²) in [5.74, 6) is 0.366. The number of fused-ring (bicyclic) bond motifs is 1. The van der Waals surface area contributed by atoms with Gasteiger partial charge < -0.3 is 15.2 Å². The molecular formula is C14H16ClN3O2. The highest BCUT2D eigenvalue weighted by molar-refractivity contribution is 6.03. The van der Waals surface area contributed by atoms with Crippen molar-refractivity contribution in [2.45, 2.75) is 19.8 Å². The van der Waals surface area contributed by atoms with Crippen LogP contribution in [0.5, 0.6) is 0 Å². The molecule has 2 N–H and O–H groups in total.